The minimum absolute atomic E-state index is 0.189. The van der Waals surface area contributed by atoms with Gasteiger partial charge < -0.3 is 38.5 Å². The van der Waals surface area contributed by atoms with Crippen molar-refractivity contribution < 1.29 is 33.3 Å². The maximum atomic E-state index is 14.3. The van der Waals surface area contributed by atoms with Gasteiger partial charge in [-0.3, -0.25) is 14.4 Å². The lowest BCUT2D eigenvalue weighted by atomic mass is 9.98. The van der Waals surface area contributed by atoms with Crippen LogP contribution in [0.15, 0.2) is 267 Å². The Morgan fingerprint density at radius 3 is 0.895 bits per heavy atom. The van der Waals surface area contributed by atoms with Crippen molar-refractivity contribution in [3.8, 4) is 23.0 Å². The van der Waals surface area contributed by atoms with Crippen LogP contribution in [0.3, 0.4) is 0 Å². The molecule has 0 N–H and O–H groups in total. The summed E-state index contributed by atoms with van der Waals surface area (Å²) >= 11 is 0. The highest BCUT2D eigenvalue weighted by Gasteiger charge is 2.26. The molecule has 0 unspecified atom stereocenters. The summed E-state index contributed by atoms with van der Waals surface area (Å²) in [7, 11) is 11.5. The number of carbonyl (C=O) groups excluding carboxylic acids is 3. The second-order valence-corrected chi connectivity index (χ2v) is 22.4. The zero-order valence-electron chi connectivity index (χ0n) is 53.8. The van der Waals surface area contributed by atoms with Crippen molar-refractivity contribution in [2.45, 2.75) is 13.8 Å². The van der Waals surface area contributed by atoms with Gasteiger partial charge in [-0.15, -0.1) is 15.3 Å². The first-order chi connectivity index (χ1) is 46.2. The highest BCUT2D eigenvalue weighted by Crippen LogP contribution is 2.44. The van der Waals surface area contributed by atoms with Crippen molar-refractivity contribution >= 4 is 118 Å². The minimum Gasteiger partial charge on any atom is -0.497 e. The first-order valence-corrected chi connectivity index (χ1v) is 30.5. The maximum absolute atomic E-state index is 14.3. The predicted molar refractivity (Wildman–Crippen MR) is 379 cm³/mol. The van der Waals surface area contributed by atoms with Gasteiger partial charge in [-0.25, -0.2) is 0 Å². The molecule has 95 heavy (non-hydrogen) atoms. The normalized spacial score (nSPS) is 11.4. The van der Waals surface area contributed by atoms with Gasteiger partial charge in [0.25, 0.3) is 17.7 Å². The molecule has 0 fully saturated rings. The lowest BCUT2D eigenvalue weighted by Gasteiger charge is -2.25. The summed E-state index contributed by atoms with van der Waals surface area (Å²) in [4.78, 5) is 49.7. The van der Waals surface area contributed by atoms with Crippen LogP contribution in [0.2, 0.25) is 0 Å². The Bertz CT molecular complexity index is 4740. The number of fused-ring (bicyclic) bond motifs is 3. The number of hydrogen-bond acceptors (Lipinski definition) is 14. The third-order valence-corrected chi connectivity index (χ3v) is 16.8. The average molecular weight is 1260 g/mol. The molecular weight excluding hydrogens is 1190 g/mol. The van der Waals surface area contributed by atoms with Crippen LogP contribution in [-0.2, 0) is 0 Å². The van der Waals surface area contributed by atoms with Crippen LogP contribution in [0.1, 0.15) is 42.2 Å². The molecule has 17 nitrogen and oxygen atoms in total. The lowest BCUT2D eigenvalue weighted by Crippen LogP contribution is -2.26. The Kier molecular flexibility index (Phi) is 18.3. The number of anilines is 6. The zero-order chi connectivity index (χ0) is 66.3. The second-order valence-electron chi connectivity index (χ2n) is 22.4. The Balaban J connectivity index is 0.877. The molecule has 0 aliphatic carbocycles. The van der Waals surface area contributed by atoms with Crippen molar-refractivity contribution in [1.29, 1.82) is 0 Å². The summed E-state index contributed by atoms with van der Waals surface area (Å²) < 4.78 is 22.1. The van der Waals surface area contributed by atoms with Crippen LogP contribution in [-0.4, -0.2) is 67.3 Å². The van der Waals surface area contributed by atoms with E-state index in [0.29, 0.717) is 96.3 Å². The van der Waals surface area contributed by atoms with E-state index in [-0.39, 0.29) is 23.5 Å². The smallest absolute Gasteiger partial charge is 0.261 e. The molecule has 0 atom stereocenters. The van der Waals surface area contributed by atoms with Gasteiger partial charge in [-0.2, -0.15) is 15.3 Å². The number of hydrogen-bond donors (Lipinski definition) is 0. The third-order valence-electron chi connectivity index (χ3n) is 16.8. The van der Waals surface area contributed by atoms with E-state index in [0.717, 1.165) is 49.4 Å². The fourth-order valence-electron chi connectivity index (χ4n) is 11.4. The molecule has 470 valence electrons. The fourth-order valence-corrected chi connectivity index (χ4v) is 11.4. The Morgan fingerprint density at radius 2 is 0.579 bits per heavy atom. The third kappa shape index (κ3) is 13.0. The molecule has 0 spiro atoms. The highest BCUT2D eigenvalue weighted by molar-refractivity contribution is 6.14. The minimum atomic E-state index is -0.292. The van der Waals surface area contributed by atoms with Gasteiger partial charge >= 0.3 is 0 Å². The number of methoxy groups -OCH3 is 4. The SMILES string of the molecule is COc1ccc(N(C)C(=O)c2cc3ccccc3c(N=Nc3ccc(N(c4ccc(N=Nc5c(C)c(C(=O)N(C)c6ccc(OC)cc6)cc6ccccc56)cc4)c4ccc(N=Nc5c(OC)c(C(=O)N(C)c6ccc(OC)cc6)cc6ccccc56)cc4)cc3)c2C)cc1. The maximum Gasteiger partial charge on any atom is 0.261 e. The number of rotatable bonds is 19. The number of carbonyl (C=O) groups is 3. The van der Waals surface area contributed by atoms with E-state index in [1.165, 1.54) is 7.11 Å². The van der Waals surface area contributed by atoms with Crippen LogP contribution < -0.4 is 38.5 Å². The van der Waals surface area contributed by atoms with E-state index in [1.807, 2.05) is 238 Å². The number of ether oxygens (including phenoxy) is 4. The van der Waals surface area contributed by atoms with Crippen molar-refractivity contribution in [2.24, 2.45) is 30.7 Å². The van der Waals surface area contributed by atoms with E-state index in [4.69, 9.17) is 49.6 Å². The number of amides is 3. The first-order valence-electron chi connectivity index (χ1n) is 30.5. The van der Waals surface area contributed by atoms with Gasteiger partial charge in [0, 0.05) is 82.6 Å². The molecule has 0 saturated heterocycles. The largest absolute Gasteiger partial charge is 0.497 e. The second kappa shape index (κ2) is 27.6. The van der Waals surface area contributed by atoms with Crippen molar-refractivity contribution in [3.63, 3.8) is 0 Å². The van der Waals surface area contributed by atoms with Crippen LogP contribution in [0, 0.1) is 13.8 Å². The number of nitrogens with zero attached hydrogens (tertiary/aromatic N) is 10. The van der Waals surface area contributed by atoms with E-state index in [1.54, 1.807) is 69.3 Å². The lowest BCUT2D eigenvalue weighted by molar-refractivity contribution is 0.0983. The van der Waals surface area contributed by atoms with E-state index < -0.39 is 0 Å². The molecule has 0 saturated carbocycles. The van der Waals surface area contributed by atoms with Crippen LogP contribution in [0.4, 0.5) is 68.2 Å². The molecule has 3 amide bonds. The van der Waals surface area contributed by atoms with Gasteiger partial charge in [0.05, 0.1) is 62.4 Å². The van der Waals surface area contributed by atoms with E-state index >= 15 is 0 Å². The van der Waals surface area contributed by atoms with Crippen molar-refractivity contribution in [2.75, 3.05) is 69.2 Å². The van der Waals surface area contributed by atoms with Crippen molar-refractivity contribution in [3.05, 3.63) is 264 Å². The summed E-state index contributed by atoms with van der Waals surface area (Å²) in [6.07, 6.45) is 0. The molecule has 0 bridgehead atoms. The van der Waals surface area contributed by atoms with Crippen LogP contribution >= 0.6 is 0 Å². The van der Waals surface area contributed by atoms with Gasteiger partial charge in [0.1, 0.15) is 22.9 Å². The number of azo groups is 3. The van der Waals surface area contributed by atoms with Crippen LogP contribution in [0.25, 0.3) is 32.3 Å². The topological polar surface area (TPSA) is 175 Å². The molecule has 17 heteroatoms. The van der Waals surface area contributed by atoms with Gasteiger partial charge in [-0.05, 0) is 205 Å². The Morgan fingerprint density at radius 1 is 0.305 bits per heavy atom. The molecule has 0 heterocycles. The molecule has 0 aliphatic heterocycles. The Labute approximate surface area is 550 Å². The molecule has 0 aromatic heterocycles. The summed E-state index contributed by atoms with van der Waals surface area (Å²) in [5.41, 5.74) is 10.5. The van der Waals surface area contributed by atoms with Crippen molar-refractivity contribution in [1.82, 2.24) is 0 Å². The molecule has 12 aromatic carbocycles. The summed E-state index contributed by atoms with van der Waals surface area (Å²) in [6.45, 7) is 3.79. The van der Waals surface area contributed by atoms with E-state index in [2.05, 4.69) is 4.90 Å². The quantitative estimate of drug-likeness (QED) is 0.0719. The first kappa shape index (κ1) is 62.8. The number of benzene rings is 12. The average Bonchev–Trinajstić information content (AvgIpc) is 0.835. The summed E-state index contributed by atoms with van der Waals surface area (Å²) in [5, 5.41) is 33.8. The van der Waals surface area contributed by atoms with Gasteiger partial charge in [0.2, 0.25) is 0 Å². The summed E-state index contributed by atoms with van der Waals surface area (Å²) in [6, 6.07) is 74.0. The zero-order valence-corrected chi connectivity index (χ0v) is 53.8. The molecule has 0 radical (unpaired) electrons. The molecule has 12 aromatic rings. The summed E-state index contributed by atoms with van der Waals surface area (Å²) in [5.74, 6) is 1.68. The monoisotopic (exact) mass is 1250 g/mol. The fraction of sp³-hybridized carbons (Fsp3) is 0.115. The molecule has 0 aliphatic rings. The Hall–Kier alpha value is -12.4. The predicted octanol–water partition coefficient (Wildman–Crippen LogP) is 20.3. The molecule has 12 rings (SSSR count). The highest BCUT2D eigenvalue weighted by atomic mass is 16.5. The molecular formula is C78H66N10O7. The van der Waals surface area contributed by atoms with Gasteiger partial charge in [-0.1, -0.05) is 72.8 Å². The van der Waals surface area contributed by atoms with E-state index in [9.17, 15) is 14.4 Å². The van der Waals surface area contributed by atoms with Crippen LogP contribution in [0.5, 0.6) is 23.0 Å². The van der Waals surface area contributed by atoms with Gasteiger partial charge in [0.15, 0.2) is 5.75 Å². The standard InChI is InChI=1S/C78H66N10O7/c1-49-69(76(89)85(3)57-34-40-63(92-6)41-35-57)46-51-16-10-13-19-66(51)72(49)82-79-54-22-28-60(29-23-54)88(61-30-24-55(25-31-61)80-83-73-50(2)70(47-52-17-11-14-20-67(52)73)77(90)86(4)58-36-42-64(93-7)43-37-58)62-32-26-56(27-33-62)81-84-74-68-21-15-12-18-53(68)48-71(75(74)95-9)78(91)87(5)59-38-44-65(94-8)45-39-59/h10-48H,1-9H3.